The third-order valence-electron chi connectivity index (χ3n) is 3.09. The van der Waals surface area contributed by atoms with E-state index < -0.39 is 0 Å². The summed E-state index contributed by atoms with van der Waals surface area (Å²) in [7, 11) is 0. The minimum Gasteiger partial charge on any atom is -0.494 e. The van der Waals surface area contributed by atoms with Crippen LogP contribution in [-0.4, -0.2) is 23.3 Å². The first-order valence-electron chi connectivity index (χ1n) is 7.12. The van der Waals surface area contributed by atoms with Gasteiger partial charge in [0.05, 0.1) is 6.61 Å². The van der Waals surface area contributed by atoms with Crippen LogP contribution in [0, 0.1) is 0 Å². The van der Waals surface area contributed by atoms with Gasteiger partial charge >= 0.3 is 0 Å². The van der Waals surface area contributed by atoms with E-state index >= 15 is 0 Å². The fraction of sp³-hybridized carbons (Fsp3) is 0.467. The molecule has 1 atom stereocenters. The van der Waals surface area contributed by atoms with Crippen LogP contribution in [0.25, 0.3) is 0 Å². The van der Waals surface area contributed by atoms with Crippen molar-refractivity contribution in [2.75, 3.05) is 13.2 Å². The van der Waals surface area contributed by atoms with Gasteiger partial charge in [0, 0.05) is 17.4 Å². The Kier molecular flexibility index (Phi) is 6.48. The molecule has 0 amide bonds. The van der Waals surface area contributed by atoms with Gasteiger partial charge in [-0.05, 0) is 38.1 Å². The smallest absolute Gasteiger partial charge is 0.174 e. The van der Waals surface area contributed by atoms with E-state index in [0.29, 0.717) is 12.6 Å². The second-order valence-electron chi connectivity index (χ2n) is 4.57. The van der Waals surface area contributed by atoms with Gasteiger partial charge in [0.15, 0.2) is 4.34 Å². The molecule has 1 unspecified atom stereocenters. The number of benzene rings is 1. The zero-order valence-corrected chi connectivity index (χ0v) is 14.3. The van der Waals surface area contributed by atoms with E-state index in [1.165, 1.54) is 11.1 Å². The zero-order chi connectivity index (χ0) is 15.1. The third kappa shape index (κ3) is 4.69. The molecule has 0 fully saturated rings. The molecule has 1 aromatic heterocycles. The lowest BCUT2D eigenvalue weighted by atomic mass is 10.0. The molecule has 0 saturated heterocycles. The Balaban J connectivity index is 2.15. The van der Waals surface area contributed by atoms with Crippen molar-refractivity contribution in [2.45, 2.75) is 36.9 Å². The molecule has 2 rings (SSSR count). The fourth-order valence-corrected chi connectivity index (χ4v) is 3.53. The Morgan fingerprint density at radius 3 is 2.90 bits per heavy atom. The summed E-state index contributed by atoms with van der Waals surface area (Å²) in [5.74, 6) is 1.80. The average molecular weight is 323 g/mol. The number of rotatable bonds is 8. The van der Waals surface area contributed by atoms with Crippen molar-refractivity contribution >= 4 is 23.1 Å². The lowest BCUT2D eigenvalue weighted by molar-refractivity contribution is 0.337. The van der Waals surface area contributed by atoms with Crippen LogP contribution in [0.1, 0.15) is 37.9 Å². The van der Waals surface area contributed by atoms with E-state index in [1.54, 1.807) is 28.6 Å². The molecule has 0 aliphatic heterocycles. The van der Waals surface area contributed by atoms with Crippen LogP contribution >= 0.6 is 23.1 Å². The number of nitrogens with one attached hydrogen (secondary N) is 1. The highest BCUT2D eigenvalue weighted by Gasteiger charge is 2.10. The summed E-state index contributed by atoms with van der Waals surface area (Å²) in [6, 6.07) is 6.78. The molecule has 0 aliphatic carbocycles. The Labute approximate surface area is 134 Å². The summed E-state index contributed by atoms with van der Waals surface area (Å²) in [5, 5.41) is 11.4. The van der Waals surface area contributed by atoms with Crippen LogP contribution in [-0.2, 0) is 5.75 Å². The Morgan fingerprint density at radius 1 is 1.38 bits per heavy atom. The van der Waals surface area contributed by atoms with E-state index in [1.807, 2.05) is 6.92 Å². The van der Waals surface area contributed by atoms with E-state index in [4.69, 9.17) is 4.74 Å². The molecule has 1 heterocycles. The van der Waals surface area contributed by atoms with Crippen LogP contribution in [0.4, 0.5) is 0 Å². The quantitative estimate of drug-likeness (QED) is 0.747. The van der Waals surface area contributed by atoms with Crippen molar-refractivity contribution in [1.29, 1.82) is 0 Å². The van der Waals surface area contributed by atoms with Crippen LogP contribution in [0.3, 0.4) is 0 Å². The summed E-state index contributed by atoms with van der Waals surface area (Å²) in [4.78, 5) is 0. The summed E-state index contributed by atoms with van der Waals surface area (Å²) < 4.78 is 6.72. The summed E-state index contributed by atoms with van der Waals surface area (Å²) in [5.41, 5.74) is 4.25. The van der Waals surface area contributed by atoms with Crippen LogP contribution in [0.5, 0.6) is 5.75 Å². The topological polar surface area (TPSA) is 47.0 Å². The zero-order valence-electron chi connectivity index (χ0n) is 12.6. The lowest BCUT2D eigenvalue weighted by Crippen LogP contribution is -2.17. The first kappa shape index (κ1) is 16.3. The molecule has 114 valence electrons. The molecular weight excluding hydrogens is 302 g/mol. The van der Waals surface area contributed by atoms with Gasteiger partial charge in [-0.15, -0.1) is 10.2 Å². The van der Waals surface area contributed by atoms with Crippen molar-refractivity contribution in [3.05, 3.63) is 34.8 Å². The summed E-state index contributed by atoms with van der Waals surface area (Å²) in [6.07, 6.45) is 0. The molecule has 1 N–H and O–H groups in total. The molecule has 0 bridgehead atoms. The minimum absolute atomic E-state index is 0.343. The van der Waals surface area contributed by atoms with Crippen molar-refractivity contribution in [1.82, 2.24) is 15.5 Å². The van der Waals surface area contributed by atoms with Crippen LogP contribution in [0.15, 0.2) is 28.0 Å². The molecule has 0 aliphatic rings. The maximum Gasteiger partial charge on any atom is 0.174 e. The molecule has 21 heavy (non-hydrogen) atoms. The molecule has 4 nitrogen and oxygen atoms in total. The predicted molar refractivity (Wildman–Crippen MR) is 89.2 cm³/mol. The average Bonchev–Trinajstić information content (AvgIpc) is 3.00. The van der Waals surface area contributed by atoms with Gasteiger partial charge in [0.1, 0.15) is 11.3 Å². The number of aromatic nitrogens is 2. The van der Waals surface area contributed by atoms with E-state index in [-0.39, 0.29) is 0 Å². The van der Waals surface area contributed by atoms with Gasteiger partial charge in [-0.3, -0.25) is 0 Å². The normalized spacial score (nSPS) is 12.3. The first-order valence-corrected chi connectivity index (χ1v) is 8.99. The summed E-state index contributed by atoms with van der Waals surface area (Å²) in [6.45, 7) is 7.96. The van der Waals surface area contributed by atoms with Gasteiger partial charge < -0.3 is 10.1 Å². The lowest BCUT2D eigenvalue weighted by Gasteiger charge is -2.16. The molecule has 0 spiro atoms. The monoisotopic (exact) mass is 323 g/mol. The molecular formula is C15H21N3OS2. The van der Waals surface area contributed by atoms with Crippen molar-refractivity contribution in [3.63, 3.8) is 0 Å². The summed E-state index contributed by atoms with van der Waals surface area (Å²) >= 11 is 3.27. The maximum absolute atomic E-state index is 5.74. The highest BCUT2D eigenvalue weighted by atomic mass is 32.2. The van der Waals surface area contributed by atoms with Crippen molar-refractivity contribution < 1.29 is 4.74 Å². The van der Waals surface area contributed by atoms with Crippen molar-refractivity contribution in [2.24, 2.45) is 0 Å². The first-order chi connectivity index (χ1) is 10.2. The van der Waals surface area contributed by atoms with E-state index in [2.05, 4.69) is 47.6 Å². The molecule has 2 aromatic rings. The van der Waals surface area contributed by atoms with Gasteiger partial charge in [-0.2, -0.15) is 0 Å². The Hall–Kier alpha value is -1.11. The number of ether oxygens (including phenoxy) is 1. The number of hydrogen-bond acceptors (Lipinski definition) is 6. The Morgan fingerprint density at radius 2 is 2.24 bits per heavy atom. The molecule has 6 heteroatoms. The molecule has 1 aromatic carbocycles. The van der Waals surface area contributed by atoms with Crippen LogP contribution in [0.2, 0.25) is 0 Å². The number of hydrogen-bond donors (Lipinski definition) is 1. The maximum atomic E-state index is 5.74. The number of nitrogens with zero attached hydrogens (tertiary/aromatic N) is 2. The van der Waals surface area contributed by atoms with Gasteiger partial charge in [0.2, 0.25) is 0 Å². The molecule has 0 saturated carbocycles. The highest BCUT2D eigenvalue weighted by Crippen LogP contribution is 2.30. The molecule has 0 radical (unpaired) electrons. The van der Waals surface area contributed by atoms with Crippen LogP contribution < -0.4 is 10.1 Å². The van der Waals surface area contributed by atoms with Gasteiger partial charge in [-0.1, -0.05) is 36.1 Å². The van der Waals surface area contributed by atoms with Crippen molar-refractivity contribution in [3.8, 4) is 5.75 Å². The van der Waals surface area contributed by atoms with Gasteiger partial charge in [-0.25, -0.2) is 0 Å². The van der Waals surface area contributed by atoms with Gasteiger partial charge in [0.25, 0.3) is 0 Å². The third-order valence-corrected chi connectivity index (χ3v) is 5.00. The fourth-order valence-electron chi connectivity index (χ4n) is 2.07. The SMILES string of the molecule is CCNC(C)c1ccc(OCC)c(CSc2nncs2)c1. The second kappa shape index (κ2) is 8.36. The predicted octanol–water partition coefficient (Wildman–Crippen LogP) is 3.90. The number of thioether (sulfide) groups is 1. The standard InChI is InChI=1S/C15H21N3OS2/c1-4-16-11(3)12-6-7-14(19-5-2)13(8-12)9-20-15-18-17-10-21-15/h6-8,10-11,16H,4-5,9H2,1-3H3. The minimum atomic E-state index is 0.343. The second-order valence-corrected chi connectivity index (χ2v) is 6.63. The highest BCUT2D eigenvalue weighted by molar-refractivity contribution is 8.00. The van der Waals surface area contributed by atoms with E-state index in [9.17, 15) is 0 Å². The van der Waals surface area contributed by atoms with E-state index in [0.717, 1.165) is 22.4 Å². The largest absolute Gasteiger partial charge is 0.494 e. The Bertz CT molecular complexity index is 546.